The zero-order chi connectivity index (χ0) is 27.1. The predicted octanol–water partition coefficient (Wildman–Crippen LogP) is 4.22. The third-order valence-electron chi connectivity index (χ3n) is 6.56. The van der Waals surface area contributed by atoms with Crippen LogP contribution >= 0.6 is 0 Å². The molecule has 0 atom stereocenters. The topological polar surface area (TPSA) is 106 Å². The van der Waals surface area contributed by atoms with Gasteiger partial charge in [-0.2, -0.15) is 5.10 Å². The summed E-state index contributed by atoms with van der Waals surface area (Å²) in [7, 11) is -4.19. The van der Waals surface area contributed by atoms with E-state index in [-0.39, 0.29) is 22.6 Å². The molecule has 0 saturated heterocycles. The van der Waals surface area contributed by atoms with Crippen molar-refractivity contribution in [3.05, 3.63) is 82.3 Å². The number of amides is 1. The summed E-state index contributed by atoms with van der Waals surface area (Å²) in [6, 6.07) is 12.4. The molecule has 4 aromatic rings. The lowest BCUT2D eigenvalue weighted by Gasteiger charge is -2.15. The SMILES string of the molecule is Cc1cc(C)c(Cn2nc(C(C)(C)C)cc2C(=O)NS(=O)(=O)c2cccc3c2ccn3CCO)c(C)c1. The molecule has 0 aliphatic heterocycles. The average Bonchev–Trinajstić information content (AvgIpc) is 3.40. The van der Waals surface area contributed by atoms with Crippen LogP contribution in [0.25, 0.3) is 10.9 Å². The van der Waals surface area contributed by atoms with Crippen molar-refractivity contribution in [1.82, 2.24) is 19.1 Å². The van der Waals surface area contributed by atoms with Gasteiger partial charge >= 0.3 is 0 Å². The molecule has 2 aromatic heterocycles. The summed E-state index contributed by atoms with van der Waals surface area (Å²) in [5.74, 6) is -0.739. The van der Waals surface area contributed by atoms with Crippen LogP contribution in [0.3, 0.4) is 0 Å². The molecule has 0 bridgehead atoms. The number of hydrogen-bond acceptors (Lipinski definition) is 5. The number of hydrogen-bond donors (Lipinski definition) is 2. The van der Waals surface area contributed by atoms with Gasteiger partial charge < -0.3 is 9.67 Å². The summed E-state index contributed by atoms with van der Waals surface area (Å²) in [6.45, 7) is 12.7. The Labute approximate surface area is 218 Å². The molecule has 1 amide bonds. The number of aromatic nitrogens is 3. The van der Waals surface area contributed by atoms with Crippen molar-refractivity contribution in [2.45, 2.75) is 64.9 Å². The number of aliphatic hydroxyl groups excluding tert-OH is 1. The molecule has 0 unspecified atom stereocenters. The Morgan fingerprint density at radius 2 is 1.73 bits per heavy atom. The number of sulfonamides is 1. The second-order valence-electron chi connectivity index (χ2n) is 10.6. The standard InChI is InChI=1S/C28H34N4O4S/c1-18-14-19(2)22(20(3)15-18)17-32-24(16-26(29-32)28(4,5)6)27(34)30-37(35,36)25-9-7-8-23-21(25)10-11-31(23)12-13-33/h7-11,14-16,33H,12-13,17H2,1-6H3,(H,30,34). The molecule has 0 fully saturated rings. The van der Waals surface area contributed by atoms with Gasteiger partial charge in [0.25, 0.3) is 15.9 Å². The van der Waals surface area contributed by atoms with Crippen LogP contribution in [-0.4, -0.2) is 40.4 Å². The Bertz CT molecular complexity index is 1570. The van der Waals surface area contributed by atoms with Crippen LogP contribution in [0, 0.1) is 20.8 Å². The molecule has 8 nitrogen and oxygen atoms in total. The van der Waals surface area contributed by atoms with E-state index in [0.29, 0.717) is 29.7 Å². The van der Waals surface area contributed by atoms with Crippen molar-refractivity contribution in [2.24, 2.45) is 0 Å². The Morgan fingerprint density at radius 1 is 1.05 bits per heavy atom. The first-order valence-electron chi connectivity index (χ1n) is 12.2. The van der Waals surface area contributed by atoms with Gasteiger partial charge in [-0.25, -0.2) is 13.1 Å². The smallest absolute Gasteiger partial charge is 0.283 e. The highest BCUT2D eigenvalue weighted by molar-refractivity contribution is 7.90. The molecule has 37 heavy (non-hydrogen) atoms. The van der Waals surface area contributed by atoms with Crippen molar-refractivity contribution in [3.8, 4) is 0 Å². The van der Waals surface area contributed by atoms with Crippen molar-refractivity contribution >= 4 is 26.8 Å². The monoisotopic (exact) mass is 522 g/mol. The van der Waals surface area contributed by atoms with Crippen LogP contribution in [0.4, 0.5) is 0 Å². The lowest BCUT2D eigenvalue weighted by atomic mass is 9.92. The lowest BCUT2D eigenvalue weighted by molar-refractivity contribution is 0.0971. The number of benzene rings is 2. The first-order chi connectivity index (χ1) is 17.3. The van der Waals surface area contributed by atoms with Gasteiger partial charge in [0, 0.05) is 29.1 Å². The van der Waals surface area contributed by atoms with Gasteiger partial charge in [-0.05, 0) is 61.7 Å². The highest BCUT2D eigenvalue weighted by Crippen LogP contribution is 2.26. The number of nitrogens with one attached hydrogen (secondary N) is 1. The van der Waals surface area contributed by atoms with Gasteiger partial charge in [-0.15, -0.1) is 0 Å². The number of rotatable bonds is 7. The summed E-state index contributed by atoms with van der Waals surface area (Å²) in [5, 5.41) is 14.5. The van der Waals surface area contributed by atoms with E-state index in [1.54, 1.807) is 39.7 Å². The summed E-state index contributed by atoms with van der Waals surface area (Å²) in [4.78, 5) is 13.5. The third-order valence-corrected chi connectivity index (χ3v) is 7.95. The van der Waals surface area contributed by atoms with Crippen LogP contribution in [0.5, 0.6) is 0 Å². The van der Waals surface area contributed by atoms with E-state index in [1.807, 2.05) is 41.5 Å². The summed E-state index contributed by atoms with van der Waals surface area (Å²) >= 11 is 0. The van der Waals surface area contributed by atoms with Crippen LogP contribution < -0.4 is 4.72 Å². The number of carbonyl (C=O) groups excluding carboxylic acids is 1. The second kappa shape index (κ2) is 9.79. The summed E-state index contributed by atoms with van der Waals surface area (Å²) in [5.41, 5.74) is 5.57. The van der Waals surface area contributed by atoms with E-state index in [0.717, 1.165) is 22.3 Å². The van der Waals surface area contributed by atoms with E-state index in [2.05, 4.69) is 16.9 Å². The van der Waals surface area contributed by atoms with Crippen LogP contribution in [-0.2, 0) is 28.5 Å². The fourth-order valence-corrected chi connectivity index (χ4v) is 5.84. The van der Waals surface area contributed by atoms with Gasteiger partial charge in [0.05, 0.1) is 23.7 Å². The predicted molar refractivity (Wildman–Crippen MR) is 144 cm³/mol. The molecule has 9 heteroatoms. The van der Waals surface area contributed by atoms with E-state index in [1.165, 1.54) is 6.07 Å². The number of fused-ring (bicyclic) bond motifs is 1. The van der Waals surface area contributed by atoms with Gasteiger partial charge in [0.1, 0.15) is 5.69 Å². The lowest BCUT2D eigenvalue weighted by Crippen LogP contribution is -2.32. The molecule has 0 radical (unpaired) electrons. The van der Waals surface area contributed by atoms with Crippen LogP contribution in [0.15, 0.2) is 53.6 Å². The molecular formula is C28H34N4O4S. The number of aliphatic hydroxyl groups is 1. The molecule has 0 aliphatic carbocycles. The highest BCUT2D eigenvalue weighted by Gasteiger charge is 2.27. The molecule has 2 aromatic carbocycles. The first-order valence-corrected chi connectivity index (χ1v) is 13.7. The van der Waals surface area contributed by atoms with E-state index in [4.69, 9.17) is 5.10 Å². The quantitative estimate of drug-likeness (QED) is 0.378. The molecule has 2 heterocycles. The minimum atomic E-state index is -4.19. The Balaban J connectivity index is 1.73. The van der Waals surface area contributed by atoms with E-state index in [9.17, 15) is 18.3 Å². The van der Waals surface area contributed by atoms with Crippen molar-refractivity contribution in [3.63, 3.8) is 0 Å². The maximum absolute atomic E-state index is 13.5. The van der Waals surface area contributed by atoms with Crippen LogP contribution in [0.2, 0.25) is 0 Å². The first kappa shape index (κ1) is 26.6. The van der Waals surface area contributed by atoms with E-state index < -0.39 is 15.9 Å². The number of nitrogens with zero attached hydrogens (tertiary/aromatic N) is 3. The summed E-state index contributed by atoms with van der Waals surface area (Å²) < 4.78 is 32.4. The molecule has 2 N–H and O–H groups in total. The summed E-state index contributed by atoms with van der Waals surface area (Å²) in [6.07, 6.45) is 1.72. The average molecular weight is 523 g/mol. The van der Waals surface area contributed by atoms with E-state index >= 15 is 0 Å². The molecular weight excluding hydrogens is 488 g/mol. The van der Waals surface area contributed by atoms with Gasteiger partial charge in [-0.3, -0.25) is 9.48 Å². The molecule has 4 rings (SSSR count). The maximum Gasteiger partial charge on any atom is 0.283 e. The Morgan fingerprint density at radius 3 is 2.35 bits per heavy atom. The largest absolute Gasteiger partial charge is 0.395 e. The second-order valence-corrected chi connectivity index (χ2v) is 12.2. The van der Waals surface area contributed by atoms with Crippen molar-refractivity contribution in [1.29, 1.82) is 0 Å². The highest BCUT2D eigenvalue weighted by atomic mass is 32.2. The fraction of sp³-hybridized carbons (Fsp3) is 0.357. The van der Waals surface area contributed by atoms with Crippen LogP contribution in [0.1, 0.15) is 59.2 Å². The molecule has 0 spiro atoms. The fourth-order valence-electron chi connectivity index (χ4n) is 4.66. The molecule has 0 saturated carbocycles. The zero-order valence-corrected chi connectivity index (χ0v) is 23.0. The minimum absolute atomic E-state index is 0.00220. The third kappa shape index (κ3) is 5.33. The van der Waals surface area contributed by atoms with Crippen molar-refractivity contribution in [2.75, 3.05) is 6.61 Å². The Hall–Kier alpha value is -3.43. The number of aryl methyl sites for hydroxylation is 3. The minimum Gasteiger partial charge on any atom is -0.395 e. The van der Waals surface area contributed by atoms with Gasteiger partial charge in [-0.1, -0.05) is 44.5 Å². The molecule has 0 aliphatic rings. The Kier molecular flexibility index (Phi) is 7.05. The van der Waals surface area contributed by atoms with Gasteiger partial charge in [0.2, 0.25) is 0 Å². The van der Waals surface area contributed by atoms with Gasteiger partial charge in [0.15, 0.2) is 0 Å². The zero-order valence-electron chi connectivity index (χ0n) is 22.2. The normalized spacial score (nSPS) is 12.3. The molecule has 196 valence electrons. The number of carbonyl (C=O) groups is 1. The maximum atomic E-state index is 13.5. The van der Waals surface area contributed by atoms with Crippen molar-refractivity contribution < 1.29 is 18.3 Å².